The molecule has 0 unspecified atom stereocenters. The zero-order valence-electron chi connectivity index (χ0n) is 19.6. The first kappa shape index (κ1) is 28.4. The molecular formula is C25H30Cl2N4O4. The zero-order valence-corrected chi connectivity index (χ0v) is 21.2. The Balaban J connectivity index is 0.00000216. The normalized spacial score (nSPS) is 13.3. The first-order valence-corrected chi connectivity index (χ1v) is 10.9. The number of fused-ring (bicyclic) bond motifs is 1. The van der Waals surface area contributed by atoms with Crippen molar-refractivity contribution in [3.05, 3.63) is 48.3 Å². The number of methoxy groups -OCH3 is 1. The lowest BCUT2D eigenvalue weighted by molar-refractivity contribution is 0.0320. The van der Waals surface area contributed by atoms with Crippen molar-refractivity contribution >= 4 is 47.2 Å². The fourth-order valence-corrected chi connectivity index (χ4v) is 3.56. The Morgan fingerprint density at radius 1 is 1.03 bits per heavy atom. The average molecular weight is 521 g/mol. The third-order valence-electron chi connectivity index (χ3n) is 5.31. The zero-order chi connectivity index (χ0) is 22.9. The van der Waals surface area contributed by atoms with Gasteiger partial charge in [0, 0.05) is 49.4 Å². The number of nitrogens with one attached hydrogen (secondary N) is 1. The third-order valence-corrected chi connectivity index (χ3v) is 5.31. The average Bonchev–Trinajstić information content (AvgIpc) is 2.85. The molecule has 0 atom stereocenters. The number of anilines is 2. The summed E-state index contributed by atoms with van der Waals surface area (Å²) in [7, 11) is 1.64. The maximum Gasteiger partial charge on any atom is 0.163 e. The Bertz CT molecular complexity index is 1120. The van der Waals surface area contributed by atoms with Crippen molar-refractivity contribution in [2.45, 2.75) is 0 Å². The van der Waals surface area contributed by atoms with Crippen molar-refractivity contribution in [3.8, 4) is 23.8 Å². The van der Waals surface area contributed by atoms with Crippen molar-refractivity contribution in [1.82, 2.24) is 14.9 Å². The topological polar surface area (TPSA) is 78.0 Å². The summed E-state index contributed by atoms with van der Waals surface area (Å²) in [6, 6.07) is 11.4. The number of halogens is 2. The van der Waals surface area contributed by atoms with Crippen LogP contribution in [0.1, 0.15) is 5.56 Å². The Kier molecular flexibility index (Phi) is 11.8. The summed E-state index contributed by atoms with van der Waals surface area (Å²) in [6.07, 6.45) is 7.06. The fraction of sp³-hybridized carbons (Fsp3) is 0.360. The molecule has 8 nitrogen and oxygen atoms in total. The number of nitrogens with zero attached hydrogens (tertiary/aromatic N) is 3. The van der Waals surface area contributed by atoms with Crippen LogP contribution in [0, 0.1) is 12.3 Å². The number of ether oxygens (including phenoxy) is 4. The van der Waals surface area contributed by atoms with Crippen molar-refractivity contribution in [2.24, 2.45) is 0 Å². The van der Waals surface area contributed by atoms with Crippen LogP contribution in [0.3, 0.4) is 0 Å². The van der Waals surface area contributed by atoms with E-state index in [4.69, 9.17) is 25.4 Å². The van der Waals surface area contributed by atoms with Gasteiger partial charge in [-0.15, -0.1) is 31.2 Å². The highest BCUT2D eigenvalue weighted by atomic mass is 35.5. The van der Waals surface area contributed by atoms with E-state index in [9.17, 15) is 0 Å². The van der Waals surface area contributed by atoms with Gasteiger partial charge < -0.3 is 24.3 Å². The number of terminal acetylenes is 1. The second-order valence-electron chi connectivity index (χ2n) is 7.53. The lowest BCUT2D eigenvalue weighted by Crippen LogP contribution is -2.38. The summed E-state index contributed by atoms with van der Waals surface area (Å²) >= 11 is 0. The van der Waals surface area contributed by atoms with Crippen LogP contribution in [-0.2, 0) is 9.47 Å². The predicted molar refractivity (Wildman–Crippen MR) is 142 cm³/mol. The van der Waals surface area contributed by atoms with Gasteiger partial charge >= 0.3 is 0 Å². The molecule has 2 aromatic carbocycles. The summed E-state index contributed by atoms with van der Waals surface area (Å²) in [5, 5.41) is 4.17. The molecule has 1 saturated heterocycles. The van der Waals surface area contributed by atoms with E-state index in [2.05, 4.69) is 26.1 Å². The van der Waals surface area contributed by atoms with Crippen LogP contribution in [0.15, 0.2) is 42.7 Å². The van der Waals surface area contributed by atoms with Crippen LogP contribution in [0.2, 0.25) is 0 Å². The molecule has 1 aliphatic rings. The number of morpholine rings is 1. The maximum absolute atomic E-state index is 6.16. The summed E-state index contributed by atoms with van der Waals surface area (Å²) in [5.74, 6) is 4.58. The van der Waals surface area contributed by atoms with E-state index >= 15 is 0 Å². The molecular weight excluding hydrogens is 491 g/mol. The Morgan fingerprint density at radius 2 is 1.80 bits per heavy atom. The maximum atomic E-state index is 6.16. The van der Waals surface area contributed by atoms with E-state index in [-0.39, 0.29) is 24.8 Å². The molecule has 1 fully saturated rings. The van der Waals surface area contributed by atoms with Crippen LogP contribution in [0.5, 0.6) is 11.5 Å². The van der Waals surface area contributed by atoms with Gasteiger partial charge in [0.1, 0.15) is 25.4 Å². The number of hydrogen-bond donors (Lipinski definition) is 1. The predicted octanol–water partition coefficient (Wildman–Crippen LogP) is 3.93. The highest BCUT2D eigenvalue weighted by Gasteiger charge is 2.15. The van der Waals surface area contributed by atoms with E-state index in [1.165, 1.54) is 6.33 Å². The quantitative estimate of drug-likeness (QED) is 0.318. The molecule has 0 radical (unpaired) electrons. The van der Waals surface area contributed by atoms with Crippen LogP contribution in [-0.4, -0.2) is 74.6 Å². The summed E-state index contributed by atoms with van der Waals surface area (Å²) in [5.41, 5.74) is 2.38. The molecule has 1 N–H and O–H groups in total. The minimum atomic E-state index is 0. The smallest absolute Gasteiger partial charge is 0.163 e. The van der Waals surface area contributed by atoms with E-state index < -0.39 is 0 Å². The highest BCUT2D eigenvalue weighted by molar-refractivity contribution is 5.93. The molecule has 0 aliphatic carbocycles. The lowest BCUT2D eigenvalue weighted by atomic mass is 10.2. The van der Waals surface area contributed by atoms with Gasteiger partial charge in [-0.2, -0.15) is 0 Å². The van der Waals surface area contributed by atoms with Gasteiger partial charge in [0.2, 0.25) is 0 Å². The molecule has 0 amide bonds. The molecule has 10 heteroatoms. The summed E-state index contributed by atoms with van der Waals surface area (Å²) in [6.45, 7) is 5.59. The van der Waals surface area contributed by atoms with Crippen LogP contribution < -0.4 is 14.8 Å². The molecule has 3 aromatic rings. The molecule has 0 bridgehead atoms. The molecule has 0 saturated carbocycles. The molecule has 1 aromatic heterocycles. The Labute approximate surface area is 218 Å². The largest absolute Gasteiger partial charge is 0.488 e. The van der Waals surface area contributed by atoms with E-state index in [1.54, 1.807) is 7.11 Å². The van der Waals surface area contributed by atoms with Gasteiger partial charge in [0.25, 0.3) is 0 Å². The van der Waals surface area contributed by atoms with Crippen LogP contribution in [0.25, 0.3) is 10.9 Å². The first-order chi connectivity index (χ1) is 16.3. The minimum absolute atomic E-state index is 0. The first-order valence-electron chi connectivity index (χ1n) is 10.9. The van der Waals surface area contributed by atoms with E-state index in [0.717, 1.165) is 55.0 Å². The van der Waals surface area contributed by atoms with Crippen molar-refractivity contribution in [1.29, 1.82) is 0 Å². The Morgan fingerprint density at radius 3 is 2.57 bits per heavy atom. The van der Waals surface area contributed by atoms with Gasteiger partial charge in [-0.1, -0.05) is 12.0 Å². The minimum Gasteiger partial charge on any atom is -0.488 e. The van der Waals surface area contributed by atoms with Crippen LogP contribution in [0.4, 0.5) is 11.5 Å². The number of benzene rings is 2. The van der Waals surface area contributed by atoms with Gasteiger partial charge in [-0.3, -0.25) is 4.90 Å². The summed E-state index contributed by atoms with van der Waals surface area (Å²) in [4.78, 5) is 11.2. The van der Waals surface area contributed by atoms with Crippen LogP contribution >= 0.6 is 24.8 Å². The van der Waals surface area contributed by atoms with E-state index in [0.29, 0.717) is 37.1 Å². The monoisotopic (exact) mass is 520 g/mol. The number of aromatic nitrogens is 2. The molecule has 1 aliphatic heterocycles. The third kappa shape index (κ3) is 7.85. The van der Waals surface area contributed by atoms with Crippen molar-refractivity contribution < 1.29 is 18.9 Å². The fourth-order valence-electron chi connectivity index (χ4n) is 3.56. The molecule has 4 rings (SSSR count). The summed E-state index contributed by atoms with van der Waals surface area (Å²) < 4.78 is 22.6. The van der Waals surface area contributed by atoms with E-state index in [1.807, 2.05) is 36.4 Å². The number of rotatable bonds is 10. The van der Waals surface area contributed by atoms with Gasteiger partial charge in [-0.05, 0) is 24.3 Å². The second-order valence-corrected chi connectivity index (χ2v) is 7.53. The molecule has 2 heterocycles. The van der Waals surface area contributed by atoms with Crippen molar-refractivity contribution in [2.75, 3.05) is 65.1 Å². The second kappa shape index (κ2) is 14.6. The molecule has 35 heavy (non-hydrogen) atoms. The number of hydrogen-bond acceptors (Lipinski definition) is 8. The lowest BCUT2D eigenvalue weighted by Gasteiger charge is -2.26. The van der Waals surface area contributed by atoms with Gasteiger partial charge in [0.05, 0.1) is 25.3 Å². The van der Waals surface area contributed by atoms with Gasteiger partial charge in [-0.25, -0.2) is 9.97 Å². The SMILES string of the molecule is C#Cc1cccc(Nc2ncnc3cc(OCCOC)c(OCCN4CCOCC4)cc23)c1.Cl.Cl. The molecule has 0 spiro atoms. The van der Waals surface area contributed by atoms with Crippen molar-refractivity contribution in [3.63, 3.8) is 0 Å². The molecule has 188 valence electrons. The Hall–Kier alpha value is -2.80. The standard InChI is InChI=1S/C25H28N4O4.2ClH/c1-3-19-5-4-6-20(15-19)28-25-21-16-23(32-12-9-29-7-10-31-11-8-29)24(33-14-13-30-2)17-22(21)26-18-27-25;;/h1,4-6,15-18H,7-14H2,2H3,(H,26,27,28);2*1H. The van der Waals surface area contributed by atoms with Gasteiger partial charge in [0.15, 0.2) is 11.5 Å². The highest BCUT2D eigenvalue weighted by Crippen LogP contribution is 2.35.